The normalized spacial score (nSPS) is 13.1. The Balaban J connectivity index is 3.87. The quantitative estimate of drug-likeness (QED) is 0.587. The second-order valence-corrected chi connectivity index (χ2v) is 5.34. The molecular formula is C12H28N2O2. The summed E-state index contributed by atoms with van der Waals surface area (Å²) in [4.78, 5) is 0. The third-order valence-electron chi connectivity index (χ3n) is 2.40. The van der Waals surface area contributed by atoms with Crippen molar-refractivity contribution in [2.24, 2.45) is 11.5 Å². The molecular weight excluding hydrogens is 204 g/mol. The first-order chi connectivity index (χ1) is 7.33. The molecule has 0 unspecified atom stereocenters. The molecule has 4 heteroatoms. The molecule has 0 aromatic carbocycles. The molecule has 4 N–H and O–H groups in total. The molecule has 4 nitrogen and oxygen atoms in total. The van der Waals surface area contributed by atoms with Gasteiger partial charge in [-0.15, -0.1) is 0 Å². The van der Waals surface area contributed by atoms with Crippen LogP contribution in [0.15, 0.2) is 0 Å². The van der Waals surface area contributed by atoms with Crippen molar-refractivity contribution in [2.75, 3.05) is 26.3 Å². The molecule has 0 aromatic rings. The minimum absolute atomic E-state index is 0.177. The van der Waals surface area contributed by atoms with E-state index < -0.39 is 0 Å². The van der Waals surface area contributed by atoms with E-state index in [0.29, 0.717) is 26.3 Å². The van der Waals surface area contributed by atoms with Gasteiger partial charge in [-0.1, -0.05) is 0 Å². The highest BCUT2D eigenvalue weighted by atomic mass is 16.6. The van der Waals surface area contributed by atoms with Gasteiger partial charge in [0.05, 0.1) is 17.8 Å². The van der Waals surface area contributed by atoms with Crippen molar-refractivity contribution >= 4 is 0 Å². The van der Waals surface area contributed by atoms with Crippen molar-refractivity contribution in [3.05, 3.63) is 0 Å². The first-order valence-corrected chi connectivity index (χ1v) is 6.01. The van der Waals surface area contributed by atoms with Crippen molar-refractivity contribution in [1.29, 1.82) is 0 Å². The number of ether oxygens (including phenoxy) is 2. The zero-order valence-corrected chi connectivity index (χ0v) is 11.2. The van der Waals surface area contributed by atoms with Crippen molar-refractivity contribution in [3.8, 4) is 0 Å². The Labute approximate surface area is 99.7 Å². The molecule has 0 amide bonds. The van der Waals surface area contributed by atoms with Crippen LogP contribution in [0.5, 0.6) is 0 Å². The lowest BCUT2D eigenvalue weighted by molar-refractivity contribution is -0.121. The van der Waals surface area contributed by atoms with E-state index >= 15 is 0 Å². The Morgan fingerprint density at radius 3 is 2.00 bits per heavy atom. The summed E-state index contributed by atoms with van der Waals surface area (Å²) in [6, 6.07) is 0. The van der Waals surface area contributed by atoms with Crippen molar-refractivity contribution in [3.63, 3.8) is 0 Å². The van der Waals surface area contributed by atoms with Crippen LogP contribution in [-0.2, 0) is 9.47 Å². The standard InChI is InChI=1S/C12H28N2O2/c1-11(2,6-8-14)16-10-12(3,4)15-9-5-7-13/h5-10,13-14H2,1-4H3. The van der Waals surface area contributed by atoms with Gasteiger partial charge < -0.3 is 20.9 Å². The van der Waals surface area contributed by atoms with Gasteiger partial charge in [-0.25, -0.2) is 0 Å². The molecule has 0 heterocycles. The molecule has 0 aromatic heterocycles. The van der Waals surface area contributed by atoms with Gasteiger partial charge >= 0.3 is 0 Å². The first-order valence-electron chi connectivity index (χ1n) is 6.01. The smallest absolute Gasteiger partial charge is 0.0859 e. The van der Waals surface area contributed by atoms with E-state index in [0.717, 1.165) is 12.8 Å². The summed E-state index contributed by atoms with van der Waals surface area (Å²) in [5.74, 6) is 0. The lowest BCUT2D eigenvalue weighted by atomic mass is 10.0. The number of hydrogen-bond acceptors (Lipinski definition) is 4. The average molecular weight is 232 g/mol. The van der Waals surface area contributed by atoms with Gasteiger partial charge in [0.15, 0.2) is 0 Å². The highest BCUT2D eigenvalue weighted by molar-refractivity contribution is 4.74. The third kappa shape index (κ3) is 8.05. The van der Waals surface area contributed by atoms with Crippen molar-refractivity contribution in [2.45, 2.75) is 51.7 Å². The molecule has 0 aliphatic carbocycles. The summed E-state index contributed by atoms with van der Waals surface area (Å²) in [5, 5.41) is 0. The summed E-state index contributed by atoms with van der Waals surface area (Å²) < 4.78 is 11.5. The second kappa shape index (κ2) is 7.22. The molecule has 16 heavy (non-hydrogen) atoms. The van der Waals surface area contributed by atoms with Gasteiger partial charge in [0.25, 0.3) is 0 Å². The zero-order valence-electron chi connectivity index (χ0n) is 11.2. The SMILES string of the molecule is CC(C)(CCN)OCC(C)(C)OCCCN. The minimum Gasteiger partial charge on any atom is -0.373 e. The monoisotopic (exact) mass is 232 g/mol. The fourth-order valence-electron chi connectivity index (χ4n) is 1.26. The number of rotatable bonds is 9. The fourth-order valence-corrected chi connectivity index (χ4v) is 1.26. The molecule has 0 bridgehead atoms. The lowest BCUT2D eigenvalue weighted by Gasteiger charge is -2.32. The Hall–Kier alpha value is -0.160. The lowest BCUT2D eigenvalue weighted by Crippen LogP contribution is -2.38. The zero-order chi connectivity index (χ0) is 12.7. The molecule has 98 valence electrons. The summed E-state index contributed by atoms with van der Waals surface area (Å²) >= 11 is 0. The maximum Gasteiger partial charge on any atom is 0.0859 e. The van der Waals surface area contributed by atoms with E-state index in [9.17, 15) is 0 Å². The van der Waals surface area contributed by atoms with Crippen LogP contribution in [0.25, 0.3) is 0 Å². The molecule has 0 aliphatic heterocycles. The molecule has 0 atom stereocenters. The van der Waals surface area contributed by atoms with Crippen molar-refractivity contribution < 1.29 is 9.47 Å². The molecule has 0 aliphatic rings. The van der Waals surface area contributed by atoms with Crippen LogP contribution in [0.1, 0.15) is 40.5 Å². The topological polar surface area (TPSA) is 70.5 Å². The van der Waals surface area contributed by atoms with Crippen LogP contribution in [0.4, 0.5) is 0 Å². The maximum atomic E-state index is 5.83. The van der Waals surface area contributed by atoms with Crippen LogP contribution < -0.4 is 11.5 Å². The highest BCUT2D eigenvalue weighted by Gasteiger charge is 2.24. The van der Waals surface area contributed by atoms with Gasteiger partial charge in [0.2, 0.25) is 0 Å². The van der Waals surface area contributed by atoms with Crippen LogP contribution in [0.2, 0.25) is 0 Å². The molecule has 0 rings (SSSR count). The Bertz CT molecular complexity index is 182. The first kappa shape index (κ1) is 15.8. The molecule has 0 saturated heterocycles. The number of nitrogens with two attached hydrogens (primary N) is 2. The van der Waals surface area contributed by atoms with E-state index in [-0.39, 0.29) is 11.2 Å². The van der Waals surface area contributed by atoms with E-state index in [4.69, 9.17) is 20.9 Å². The maximum absolute atomic E-state index is 5.83. The Kier molecular flexibility index (Phi) is 7.15. The van der Waals surface area contributed by atoms with Crippen LogP contribution in [0, 0.1) is 0 Å². The predicted molar refractivity (Wildman–Crippen MR) is 67.4 cm³/mol. The second-order valence-electron chi connectivity index (χ2n) is 5.34. The summed E-state index contributed by atoms with van der Waals surface area (Å²) in [5.41, 5.74) is 10.5. The van der Waals surface area contributed by atoms with Gasteiger partial charge in [-0.05, 0) is 53.6 Å². The summed E-state index contributed by atoms with van der Waals surface area (Å²) in [7, 11) is 0. The molecule has 0 spiro atoms. The Morgan fingerprint density at radius 1 is 0.875 bits per heavy atom. The summed E-state index contributed by atoms with van der Waals surface area (Å²) in [6.07, 6.45) is 1.74. The van der Waals surface area contributed by atoms with Gasteiger partial charge in [0, 0.05) is 6.61 Å². The molecule has 0 radical (unpaired) electrons. The van der Waals surface area contributed by atoms with E-state index in [1.807, 2.05) is 13.8 Å². The van der Waals surface area contributed by atoms with Gasteiger partial charge in [-0.3, -0.25) is 0 Å². The summed E-state index contributed by atoms with van der Waals surface area (Å²) in [6.45, 7) is 10.7. The van der Waals surface area contributed by atoms with E-state index in [2.05, 4.69) is 13.8 Å². The van der Waals surface area contributed by atoms with Gasteiger partial charge in [0.1, 0.15) is 0 Å². The van der Waals surface area contributed by atoms with Crippen LogP contribution in [-0.4, -0.2) is 37.5 Å². The minimum atomic E-state index is -0.263. The van der Waals surface area contributed by atoms with Gasteiger partial charge in [-0.2, -0.15) is 0 Å². The van der Waals surface area contributed by atoms with Crippen LogP contribution in [0.3, 0.4) is 0 Å². The molecule has 0 saturated carbocycles. The van der Waals surface area contributed by atoms with E-state index in [1.165, 1.54) is 0 Å². The van der Waals surface area contributed by atoms with E-state index in [1.54, 1.807) is 0 Å². The van der Waals surface area contributed by atoms with Crippen molar-refractivity contribution in [1.82, 2.24) is 0 Å². The largest absolute Gasteiger partial charge is 0.373 e. The highest BCUT2D eigenvalue weighted by Crippen LogP contribution is 2.18. The number of hydrogen-bond donors (Lipinski definition) is 2. The average Bonchev–Trinajstić information content (AvgIpc) is 2.16. The predicted octanol–water partition coefficient (Wildman–Crippen LogP) is 1.27. The fraction of sp³-hybridized carbons (Fsp3) is 1.00. The van der Waals surface area contributed by atoms with Crippen LogP contribution >= 0.6 is 0 Å². The Morgan fingerprint density at radius 2 is 1.50 bits per heavy atom. The molecule has 0 fully saturated rings. The third-order valence-corrected chi connectivity index (χ3v) is 2.40.